The van der Waals surface area contributed by atoms with Crippen LogP contribution in [0.2, 0.25) is 0 Å². The van der Waals surface area contributed by atoms with Crippen LogP contribution in [0.25, 0.3) is 5.76 Å². The van der Waals surface area contributed by atoms with Crippen molar-refractivity contribution in [2.75, 3.05) is 26.9 Å². The number of nitrogens with zero attached hydrogens (tertiary/aromatic N) is 1. The van der Waals surface area contributed by atoms with Crippen LogP contribution in [0.5, 0.6) is 5.75 Å². The van der Waals surface area contributed by atoms with E-state index in [1.807, 2.05) is 37.3 Å². The predicted molar refractivity (Wildman–Crippen MR) is 124 cm³/mol. The Kier molecular flexibility index (Phi) is 8.06. The van der Waals surface area contributed by atoms with Gasteiger partial charge in [0.05, 0.1) is 18.2 Å². The molecule has 32 heavy (non-hydrogen) atoms. The third-order valence-electron chi connectivity index (χ3n) is 5.61. The number of rotatable bonds is 10. The van der Waals surface area contributed by atoms with Gasteiger partial charge < -0.3 is 19.5 Å². The van der Waals surface area contributed by atoms with Gasteiger partial charge in [0.1, 0.15) is 11.5 Å². The Morgan fingerprint density at radius 3 is 2.47 bits per heavy atom. The van der Waals surface area contributed by atoms with Gasteiger partial charge in [-0.1, -0.05) is 43.7 Å². The molecule has 1 atom stereocenters. The summed E-state index contributed by atoms with van der Waals surface area (Å²) in [5, 5.41) is 11.2. The van der Waals surface area contributed by atoms with E-state index in [0.717, 1.165) is 29.7 Å². The van der Waals surface area contributed by atoms with Crippen LogP contribution in [0.3, 0.4) is 0 Å². The molecule has 0 radical (unpaired) electrons. The van der Waals surface area contributed by atoms with E-state index < -0.39 is 17.7 Å². The summed E-state index contributed by atoms with van der Waals surface area (Å²) >= 11 is 0. The first-order valence-corrected chi connectivity index (χ1v) is 11.1. The third-order valence-corrected chi connectivity index (χ3v) is 5.61. The highest BCUT2D eigenvalue weighted by Crippen LogP contribution is 2.39. The van der Waals surface area contributed by atoms with Gasteiger partial charge in [0, 0.05) is 25.8 Å². The molecule has 1 fully saturated rings. The van der Waals surface area contributed by atoms with Crippen LogP contribution < -0.4 is 4.74 Å². The quantitative estimate of drug-likeness (QED) is 0.254. The highest BCUT2D eigenvalue weighted by atomic mass is 16.5. The first kappa shape index (κ1) is 23.5. The smallest absolute Gasteiger partial charge is 0.295 e. The Labute approximate surface area is 189 Å². The number of hydrogen-bond acceptors (Lipinski definition) is 5. The molecule has 1 aliphatic rings. The van der Waals surface area contributed by atoms with Gasteiger partial charge in [-0.3, -0.25) is 9.59 Å². The van der Waals surface area contributed by atoms with Crippen molar-refractivity contribution in [2.45, 2.75) is 39.2 Å². The minimum atomic E-state index is -0.672. The number of ketones is 1. The molecular formula is C26H31NO5. The van der Waals surface area contributed by atoms with Crippen LogP contribution in [0, 0.1) is 6.92 Å². The number of aliphatic hydroxyl groups excluding tert-OH is 1. The van der Waals surface area contributed by atoms with Crippen molar-refractivity contribution in [1.82, 2.24) is 4.90 Å². The van der Waals surface area contributed by atoms with Crippen LogP contribution in [0.4, 0.5) is 0 Å². The first-order chi connectivity index (χ1) is 15.5. The van der Waals surface area contributed by atoms with Gasteiger partial charge >= 0.3 is 0 Å². The lowest BCUT2D eigenvalue weighted by Gasteiger charge is -2.25. The van der Waals surface area contributed by atoms with Crippen molar-refractivity contribution in [2.24, 2.45) is 0 Å². The number of carbonyl (C=O) groups excluding carboxylic acids is 2. The Morgan fingerprint density at radius 2 is 1.81 bits per heavy atom. The number of aryl methyl sites for hydroxylation is 1. The van der Waals surface area contributed by atoms with E-state index in [4.69, 9.17) is 9.47 Å². The number of Topliss-reactive ketones (excluding diaryl/α,β-unsaturated/α-hetero) is 1. The van der Waals surface area contributed by atoms with Gasteiger partial charge in [0.2, 0.25) is 0 Å². The average Bonchev–Trinajstić information content (AvgIpc) is 3.05. The molecule has 3 rings (SSSR count). The lowest BCUT2D eigenvalue weighted by molar-refractivity contribution is -0.140. The van der Waals surface area contributed by atoms with Gasteiger partial charge in [-0.2, -0.15) is 0 Å². The van der Waals surface area contributed by atoms with Gasteiger partial charge in [-0.15, -0.1) is 0 Å². The second kappa shape index (κ2) is 11.0. The summed E-state index contributed by atoms with van der Waals surface area (Å²) < 4.78 is 10.9. The fourth-order valence-corrected chi connectivity index (χ4v) is 3.91. The molecule has 0 spiro atoms. The highest BCUT2D eigenvalue weighted by Gasteiger charge is 2.45. The van der Waals surface area contributed by atoms with E-state index >= 15 is 0 Å². The number of methoxy groups -OCH3 is 1. The van der Waals surface area contributed by atoms with E-state index in [9.17, 15) is 14.7 Å². The van der Waals surface area contributed by atoms with Gasteiger partial charge in [-0.25, -0.2) is 0 Å². The highest BCUT2D eigenvalue weighted by molar-refractivity contribution is 6.46. The van der Waals surface area contributed by atoms with E-state index in [1.165, 1.54) is 4.90 Å². The van der Waals surface area contributed by atoms with Gasteiger partial charge in [0.15, 0.2) is 0 Å². The summed E-state index contributed by atoms with van der Waals surface area (Å²) in [6.45, 7) is 5.46. The number of amides is 1. The molecule has 1 heterocycles. The number of carbonyl (C=O) groups is 2. The molecule has 0 aliphatic carbocycles. The molecule has 0 saturated carbocycles. The number of unbranched alkanes of at least 4 members (excludes halogenated alkanes) is 1. The summed E-state index contributed by atoms with van der Waals surface area (Å²) in [5.41, 5.74) is 2.23. The second-order valence-electron chi connectivity index (χ2n) is 7.93. The van der Waals surface area contributed by atoms with Crippen molar-refractivity contribution in [3.05, 3.63) is 70.8 Å². The van der Waals surface area contributed by atoms with E-state index in [-0.39, 0.29) is 11.3 Å². The molecule has 1 amide bonds. The molecule has 1 saturated heterocycles. The fraction of sp³-hybridized carbons (Fsp3) is 0.385. The average molecular weight is 438 g/mol. The second-order valence-corrected chi connectivity index (χ2v) is 7.93. The molecule has 0 bridgehead atoms. The summed E-state index contributed by atoms with van der Waals surface area (Å²) in [7, 11) is 1.60. The van der Waals surface area contributed by atoms with Crippen molar-refractivity contribution in [3.63, 3.8) is 0 Å². The standard InChI is InChI=1S/C26H31NO5/c1-4-5-16-32-21-13-12-20(17-18(21)2)24(28)22-23(19-10-7-6-8-11-19)27(14-9-15-31-3)26(30)25(22)29/h6-8,10-13,17,23,28H,4-5,9,14-16H2,1-3H3/b24-22+/t23-/m0/s1. The van der Waals surface area contributed by atoms with Gasteiger partial charge in [-0.05, 0) is 49.1 Å². The fourth-order valence-electron chi connectivity index (χ4n) is 3.91. The summed E-state index contributed by atoms with van der Waals surface area (Å²) in [5.74, 6) is -0.702. The summed E-state index contributed by atoms with van der Waals surface area (Å²) in [6.07, 6.45) is 2.60. The van der Waals surface area contributed by atoms with Crippen molar-refractivity contribution in [3.8, 4) is 5.75 Å². The third kappa shape index (κ3) is 5.02. The Balaban J connectivity index is 2.01. The van der Waals surface area contributed by atoms with Gasteiger partial charge in [0.25, 0.3) is 11.7 Å². The number of likely N-dealkylation sites (tertiary alicyclic amines) is 1. The predicted octanol–water partition coefficient (Wildman–Crippen LogP) is 4.63. The molecule has 6 heteroatoms. The number of aliphatic hydroxyl groups is 1. The zero-order chi connectivity index (χ0) is 23.1. The van der Waals surface area contributed by atoms with E-state index in [0.29, 0.717) is 31.7 Å². The Morgan fingerprint density at radius 1 is 1.06 bits per heavy atom. The van der Waals surface area contributed by atoms with Crippen LogP contribution >= 0.6 is 0 Å². The van der Waals surface area contributed by atoms with Crippen LogP contribution in [-0.4, -0.2) is 48.6 Å². The summed E-state index contributed by atoms with van der Waals surface area (Å²) in [4.78, 5) is 27.4. The molecule has 1 N–H and O–H groups in total. The van der Waals surface area contributed by atoms with Crippen LogP contribution in [-0.2, 0) is 14.3 Å². The normalized spacial score (nSPS) is 17.7. The molecule has 0 aromatic heterocycles. The molecule has 2 aromatic rings. The molecular weight excluding hydrogens is 406 g/mol. The maximum atomic E-state index is 13.0. The van der Waals surface area contributed by atoms with E-state index in [1.54, 1.807) is 25.3 Å². The molecule has 0 unspecified atom stereocenters. The molecule has 6 nitrogen and oxygen atoms in total. The zero-order valence-electron chi connectivity index (χ0n) is 19.0. The number of ether oxygens (including phenoxy) is 2. The van der Waals surface area contributed by atoms with Crippen LogP contribution in [0.1, 0.15) is 48.9 Å². The maximum absolute atomic E-state index is 13.0. The van der Waals surface area contributed by atoms with E-state index in [2.05, 4.69) is 6.92 Å². The van der Waals surface area contributed by atoms with Crippen molar-refractivity contribution < 1.29 is 24.2 Å². The first-order valence-electron chi connectivity index (χ1n) is 11.1. The lowest BCUT2D eigenvalue weighted by atomic mass is 9.95. The molecule has 2 aromatic carbocycles. The van der Waals surface area contributed by atoms with Crippen LogP contribution in [0.15, 0.2) is 54.1 Å². The topological polar surface area (TPSA) is 76.1 Å². The minimum absolute atomic E-state index is 0.109. The zero-order valence-corrected chi connectivity index (χ0v) is 19.0. The largest absolute Gasteiger partial charge is 0.507 e. The SMILES string of the molecule is CCCCOc1ccc(/C(O)=C2\C(=O)C(=O)N(CCCOC)[C@H]2c2ccccc2)cc1C. The Bertz CT molecular complexity index is 983. The number of hydrogen-bond donors (Lipinski definition) is 1. The Hall–Kier alpha value is -3.12. The minimum Gasteiger partial charge on any atom is -0.507 e. The monoisotopic (exact) mass is 437 g/mol. The van der Waals surface area contributed by atoms with Crippen molar-refractivity contribution in [1.29, 1.82) is 0 Å². The number of benzene rings is 2. The molecule has 170 valence electrons. The molecule has 1 aliphatic heterocycles. The van der Waals surface area contributed by atoms with Crippen molar-refractivity contribution >= 4 is 17.4 Å². The lowest BCUT2D eigenvalue weighted by Crippen LogP contribution is -2.31. The summed E-state index contributed by atoms with van der Waals surface area (Å²) in [6, 6.07) is 14.0. The maximum Gasteiger partial charge on any atom is 0.295 e.